The normalized spacial score (nSPS) is 11.2. The lowest BCUT2D eigenvalue weighted by atomic mass is 10.1. The molecule has 20 heavy (non-hydrogen) atoms. The van der Waals surface area contributed by atoms with Gasteiger partial charge in [-0.1, -0.05) is 11.6 Å². The van der Waals surface area contributed by atoms with E-state index >= 15 is 0 Å². The lowest BCUT2D eigenvalue weighted by molar-refractivity contribution is 0.101. The monoisotopic (exact) mass is 287 g/mol. The van der Waals surface area contributed by atoms with Crippen molar-refractivity contribution in [2.75, 3.05) is 0 Å². The van der Waals surface area contributed by atoms with Crippen molar-refractivity contribution in [2.45, 2.75) is 13.8 Å². The summed E-state index contributed by atoms with van der Waals surface area (Å²) in [6.07, 6.45) is 0. The van der Waals surface area contributed by atoms with Crippen LogP contribution in [-0.2, 0) is 0 Å². The molecule has 0 aliphatic rings. The van der Waals surface area contributed by atoms with Crippen molar-refractivity contribution in [1.82, 2.24) is 4.98 Å². The number of hydrogen-bond acceptors (Lipinski definition) is 4. The molecule has 0 amide bonds. The molecule has 0 atom stereocenters. The summed E-state index contributed by atoms with van der Waals surface area (Å²) in [5, 5.41) is 1.12. The van der Waals surface area contributed by atoms with Gasteiger partial charge >= 0.3 is 0 Å². The van der Waals surface area contributed by atoms with Crippen LogP contribution in [0.2, 0.25) is 5.02 Å². The molecular weight excluding hydrogens is 278 g/mol. The molecule has 0 aliphatic carbocycles. The highest BCUT2D eigenvalue weighted by Crippen LogP contribution is 2.22. The van der Waals surface area contributed by atoms with Crippen LogP contribution >= 0.6 is 11.6 Å². The Labute approximate surface area is 119 Å². The number of halogens is 1. The van der Waals surface area contributed by atoms with E-state index in [0.29, 0.717) is 27.2 Å². The molecule has 3 rings (SSSR count). The number of nitrogens with zero attached hydrogens (tertiary/aromatic N) is 1. The Bertz CT molecular complexity index is 928. The highest BCUT2D eigenvalue weighted by molar-refractivity contribution is 6.31. The first-order valence-electron chi connectivity index (χ1n) is 6.02. The van der Waals surface area contributed by atoms with E-state index in [2.05, 4.69) is 4.98 Å². The largest absolute Gasteiger partial charge is 0.437 e. The first-order valence-corrected chi connectivity index (χ1v) is 6.40. The van der Waals surface area contributed by atoms with Crippen molar-refractivity contribution >= 4 is 39.5 Å². The summed E-state index contributed by atoms with van der Waals surface area (Å²) in [4.78, 5) is 28.2. The zero-order valence-electron chi connectivity index (χ0n) is 10.9. The third-order valence-electron chi connectivity index (χ3n) is 3.19. The topological polar surface area (TPSA) is 60.2 Å². The van der Waals surface area contributed by atoms with Gasteiger partial charge in [-0.05, 0) is 38.1 Å². The Hall–Kier alpha value is -2.20. The van der Waals surface area contributed by atoms with Gasteiger partial charge in [-0.3, -0.25) is 9.59 Å². The fourth-order valence-electron chi connectivity index (χ4n) is 2.20. The number of pyridine rings is 1. The average Bonchev–Trinajstić information content (AvgIpc) is 2.39. The van der Waals surface area contributed by atoms with Gasteiger partial charge in [0.15, 0.2) is 5.78 Å². The molecule has 2 aromatic heterocycles. The van der Waals surface area contributed by atoms with E-state index in [1.54, 1.807) is 25.1 Å². The highest BCUT2D eigenvalue weighted by Gasteiger charge is 2.13. The summed E-state index contributed by atoms with van der Waals surface area (Å²) < 4.78 is 5.62. The lowest BCUT2D eigenvalue weighted by Gasteiger charge is -2.05. The lowest BCUT2D eigenvalue weighted by Crippen LogP contribution is -2.07. The second-order valence-electron chi connectivity index (χ2n) is 4.60. The van der Waals surface area contributed by atoms with Crippen molar-refractivity contribution in [3.05, 3.63) is 50.8 Å². The second kappa shape index (κ2) is 4.42. The van der Waals surface area contributed by atoms with Crippen LogP contribution in [0.25, 0.3) is 22.1 Å². The number of aromatic nitrogens is 1. The van der Waals surface area contributed by atoms with Gasteiger partial charge in [-0.2, -0.15) is 0 Å². The predicted octanol–water partition coefficient (Wildman–Crippen LogP) is 3.51. The fourth-order valence-corrected chi connectivity index (χ4v) is 2.37. The maximum absolute atomic E-state index is 12.5. The maximum atomic E-state index is 12.5. The Morgan fingerprint density at radius 1 is 1.25 bits per heavy atom. The van der Waals surface area contributed by atoms with Gasteiger partial charge in [-0.25, -0.2) is 4.98 Å². The van der Waals surface area contributed by atoms with Crippen molar-refractivity contribution in [2.24, 2.45) is 0 Å². The number of rotatable bonds is 1. The predicted molar refractivity (Wildman–Crippen MR) is 77.5 cm³/mol. The molecule has 3 aromatic rings. The minimum atomic E-state index is -0.237. The zero-order valence-corrected chi connectivity index (χ0v) is 11.6. The Balaban J connectivity index is 2.51. The Kier molecular flexibility index (Phi) is 2.83. The zero-order chi connectivity index (χ0) is 14.4. The van der Waals surface area contributed by atoms with Crippen LogP contribution in [0.15, 0.2) is 33.5 Å². The summed E-state index contributed by atoms with van der Waals surface area (Å²) in [7, 11) is 0. The number of fused-ring (bicyclic) bond motifs is 2. The summed E-state index contributed by atoms with van der Waals surface area (Å²) in [6.45, 7) is 3.15. The Morgan fingerprint density at radius 2 is 2.00 bits per heavy atom. The molecule has 1 aromatic carbocycles. The third kappa shape index (κ3) is 1.89. The van der Waals surface area contributed by atoms with Gasteiger partial charge in [0.05, 0.1) is 16.5 Å². The molecule has 0 bridgehead atoms. The second-order valence-corrected chi connectivity index (χ2v) is 5.04. The molecule has 2 heterocycles. The molecule has 0 aliphatic heterocycles. The standard InChI is InChI=1S/C15H10ClNO3/c1-7-10(8(2)18)6-12-14(19)11-5-9(16)3-4-13(11)20-15(12)17-7/h3-6H,1-2H3. The van der Waals surface area contributed by atoms with Crippen molar-refractivity contribution in [3.63, 3.8) is 0 Å². The maximum Gasteiger partial charge on any atom is 0.230 e. The van der Waals surface area contributed by atoms with Gasteiger partial charge in [0, 0.05) is 10.6 Å². The molecule has 5 heteroatoms. The fraction of sp³-hybridized carbons (Fsp3) is 0.133. The highest BCUT2D eigenvalue weighted by atomic mass is 35.5. The van der Waals surface area contributed by atoms with E-state index in [-0.39, 0.29) is 22.3 Å². The number of hydrogen-bond donors (Lipinski definition) is 0. The van der Waals surface area contributed by atoms with E-state index in [1.807, 2.05) is 0 Å². The van der Waals surface area contributed by atoms with Crippen LogP contribution in [0.5, 0.6) is 0 Å². The molecule has 0 spiro atoms. The number of ketones is 1. The van der Waals surface area contributed by atoms with E-state index in [9.17, 15) is 9.59 Å². The minimum absolute atomic E-state index is 0.137. The van der Waals surface area contributed by atoms with Crippen LogP contribution < -0.4 is 5.43 Å². The minimum Gasteiger partial charge on any atom is -0.437 e. The smallest absolute Gasteiger partial charge is 0.230 e. The molecule has 100 valence electrons. The van der Waals surface area contributed by atoms with E-state index in [1.165, 1.54) is 13.0 Å². The molecule has 0 radical (unpaired) electrons. The molecule has 0 saturated carbocycles. The van der Waals surface area contributed by atoms with E-state index < -0.39 is 0 Å². The number of carbonyl (C=O) groups is 1. The van der Waals surface area contributed by atoms with Crippen molar-refractivity contribution in [1.29, 1.82) is 0 Å². The Morgan fingerprint density at radius 3 is 2.70 bits per heavy atom. The third-order valence-corrected chi connectivity index (χ3v) is 3.43. The summed E-state index contributed by atoms with van der Waals surface area (Å²) in [5.74, 6) is -0.137. The van der Waals surface area contributed by atoms with Gasteiger partial charge in [0.1, 0.15) is 5.58 Å². The molecular formula is C15H10ClNO3. The van der Waals surface area contributed by atoms with Gasteiger partial charge in [0.25, 0.3) is 0 Å². The molecule has 0 fully saturated rings. The van der Waals surface area contributed by atoms with E-state index in [4.69, 9.17) is 16.0 Å². The molecule has 0 unspecified atom stereocenters. The summed E-state index contributed by atoms with van der Waals surface area (Å²) in [6, 6.07) is 6.37. The van der Waals surface area contributed by atoms with E-state index in [0.717, 1.165) is 0 Å². The van der Waals surface area contributed by atoms with Crippen molar-refractivity contribution in [3.8, 4) is 0 Å². The van der Waals surface area contributed by atoms with Crippen LogP contribution in [0.4, 0.5) is 0 Å². The van der Waals surface area contributed by atoms with Gasteiger partial charge in [-0.15, -0.1) is 0 Å². The molecule has 0 N–H and O–H groups in total. The van der Waals surface area contributed by atoms with Gasteiger partial charge < -0.3 is 4.42 Å². The van der Waals surface area contributed by atoms with Crippen LogP contribution in [0.3, 0.4) is 0 Å². The summed E-state index contributed by atoms with van der Waals surface area (Å²) >= 11 is 5.90. The average molecular weight is 288 g/mol. The molecule has 0 saturated heterocycles. The van der Waals surface area contributed by atoms with Crippen LogP contribution in [0, 0.1) is 6.92 Å². The number of Topliss-reactive ketones (excluding diaryl/α,β-unsaturated/α-hetero) is 1. The summed E-state index contributed by atoms with van der Waals surface area (Å²) in [5.41, 5.74) is 1.38. The molecule has 4 nitrogen and oxygen atoms in total. The number of carbonyl (C=O) groups excluding carboxylic acids is 1. The number of aryl methyl sites for hydroxylation is 1. The first-order chi connectivity index (χ1) is 9.47. The number of benzene rings is 1. The SMILES string of the molecule is CC(=O)c1cc2c(=O)c3cc(Cl)ccc3oc2nc1C. The van der Waals surface area contributed by atoms with Crippen molar-refractivity contribution < 1.29 is 9.21 Å². The first kappa shape index (κ1) is 12.8. The van der Waals surface area contributed by atoms with Crippen LogP contribution in [0.1, 0.15) is 23.0 Å². The quantitative estimate of drug-likeness (QED) is 0.507. The van der Waals surface area contributed by atoms with Crippen LogP contribution in [-0.4, -0.2) is 10.8 Å². The van der Waals surface area contributed by atoms with Gasteiger partial charge in [0.2, 0.25) is 11.1 Å².